The molecular formula is C11H14FN5. The molecule has 1 aromatic carbocycles. The van der Waals surface area contributed by atoms with Crippen molar-refractivity contribution in [1.29, 1.82) is 0 Å². The molecule has 0 saturated heterocycles. The molecule has 1 aromatic heterocycles. The summed E-state index contributed by atoms with van der Waals surface area (Å²) in [5.41, 5.74) is 7.36. The van der Waals surface area contributed by atoms with E-state index >= 15 is 0 Å². The molecule has 1 heterocycles. The van der Waals surface area contributed by atoms with Gasteiger partial charge in [0.25, 0.3) is 0 Å². The molecule has 0 aliphatic carbocycles. The summed E-state index contributed by atoms with van der Waals surface area (Å²) in [7, 11) is 1.86. The van der Waals surface area contributed by atoms with Crippen molar-refractivity contribution in [2.75, 3.05) is 11.1 Å². The average molecular weight is 235 g/mol. The molecule has 5 nitrogen and oxygen atoms in total. The van der Waals surface area contributed by atoms with Crippen LogP contribution in [-0.4, -0.2) is 14.8 Å². The van der Waals surface area contributed by atoms with Gasteiger partial charge in [-0.15, -0.1) is 10.2 Å². The van der Waals surface area contributed by atoms with E-state index in [0.29, 0.717) is 23.5 Å². The molecule has 17 heavy (non-hydrogen) atoms. The van der Waals surface area contributed by atoms with Crippen LogP contribution < -0.4 is 11.1 Å². The molecule has 0 bridgehead atoms. The molecule has 3 N–H and O–H groups in total. The molecule has 0 unspecified atom stereocenters. The van der Waals surface area contributed by atoms with Gasteiger partial charge in [0, 0.05) is 7.05 Å². The Kier molecular flexibility index (Phi) is 2.95. The lowest BCUT2D eigenvalue weighted by Gasteiger charge is -2.10. The lowest BCUT2D eigenvalue weighted by Crippen LogP contribution is -2.07. The largest absolute Gasteiger partial charge is 0.397 e. The molecule has 0 radical (unpaired) electrons. The summed E-state index contributed by atoms with van der Waals surface area (Å²) in [6, 6.07) is 3.00. The van der Waals surface area contributed by atoms with Gasteiger partial charge in [0.1, 0.15) is 12.1 Å². The van der Waals surface area contributed by atoms with Gasteiger partial charge in [-0.1, -0.05) is 0 Å². The van der Waals surface area contributed by atoms with Crippen LogP contribution in [0.2, 0.25) is 0 Å². The maximum absolute atomic E-state index is 13.2. The Morgan fingerprint density at radius 3 is 2.88 bits per heavy atom. The van der Waals surface area contributed by atoms with E-state index < -0.39 is 0 Å². The third-order valence-electron chi connectivity index (χ3n) is 2.57. The molecule has 2 rings (SSSR count). The number of aromatic nitrogens is 3. The minimum absolute atomic E-state index is 0.299. The highest BCUT2D eigenvalue weighted by molar-refractivity contribution is 5.67. The predicted molar refractivity (Wildman–Crippen MR) is 63.9 cm³/mol. The summed E-state index contributed by atoms with van der Waals surface area (Å²) in [6.07, 6.45) is 1.62. The zero-order valence-corrected chi connectivity index (χ0v) is 9.74. The normalized spacial score (nSPS) is 10.5. The van der Waals surface area contributed by atoms with Gasteiger partial charge in [-0.25, -0.2) is 4.39 Å². The maximum atomic E-state index is 13.2. The first-order valence-electron chi connectivity index (χ1n) is 5.20. The first kappa shape index (κ1) is 11.4. The SMILES string of the molecule is Cc1cc(NCc2nncn2C)c(N)cc1F. The number of anilines is 2. The fourth-order valence-electron chi connectivity index (χ4n) is 1.49. The number of aryl methyl sites for hydroxylation is 2. The Hall–Kier alpha value is -2.11. The first-order chi connectivity index (χ1) is 8.08. The Morgan fingerprint density at radius 2 is 2.24 bits per heavy atom. The van der Waals surface area contributed by atoms with E-state index in [2.05, 4.69) is 15.5 Å². The summed E-state index contributed by atoms with van der Waals surface area (Å²) in [4.78, 5) is 0. The number of nitrogens with one attached hydrogen (secondary N) is 1. The molecule has 0 aliphatic heterocycles. The number of hydrogen-bond donors (Lipinski definition) is 2. The highest BCUT2D eigenvalue weighted by Gasteiger charge is 2.06. The van der Waals surface area contributed by atoms with Crippen LogP contribution in [0.5, 0.6) is 0 Å². The smallest absolute Gasteiger partial charge is 0.151 e. The van der Waals surface area contributed by atoms with Crippen LogP contribution >= 0.6 is 0 Å². The van der Waals surface area contributed by atoms with E-state index in [1.807, 2.05) is 7.05 Å². The standard InChI is InChI=1S/C11H14FN5/c1-7-3-10(9(13)4-8(7)12)14-5-11-16-15-6-17(11)2/h3-4,6,14H,5,13H2,1-2H3. The second kappa shape index (κ2) is 4.40. The van der Waals surface area contributed by atoms with Gasteiger partial charge in [-0.2, -0.15) is 0 Å². The van der Waals surface area contributed by atoms with Crippen molar-refractivity contribution in [2.45, 2.75) is 13.5 Å². The lowest BCUT2D eigenvalue weighted by atomic mass is 10.2. The molecule has 0 saturated carbocycles. The molecule has 0 atom stereocenters. The Labute approximate surface area is 98.5 Å². The first-order valence-corrected chi connectivity index (χ1v) is 5.20. The summed E-state index contributed by atoms with van der Waals surface area (Å²) >= 11 is 0. The van der Waals surface area contributed by atoms with E-state index in [0.717, 1.165) is 5.82 Å². The Bertz CT molecular complexity index is 535. The molecule has 0 amide bonds. The van der Waals surface area contributed by atoms with Crippen LogP contribution in [0.1, 0.15) is 11.4 Å². The van der Waals surface area contributed by atoms with Crippen LogP contribution in [0.15, 0.2) is 18.5 Å². The van der Waals surface area contributed by atoms with Gasteiger partial charge >= 0.3 is 0 Å². The van der Waals surface area contributed by atoms with Crippen molar-refractivity contribution < 1.29 is 4.39 Å². The van der Waals surface area contributed by atoms with Crippen LogP contribution in [0.25, 0.3) is 0 Å². The predicted octanol–water partition coefficient (Wildman–Crippen LogP) is 1.46. The fourth-order valence-corrected chi connectivity index (χ4v) is 1.49. The van der Waals surface area contributed by atoms with Crippen molar-refractivity contribution in [2.24, 2.45) is 7.05 Å². The number of rotatable bonds is 3. The number of benzene rings is 1. The topological polar surface area (TPSA) is 68.8 Å². The lowest BCUT2D eigenvalue weighted by molar-refractivity contribution is 0.619. The van der Waals surface area contributed by atoms with Gasteiger partial charge in [0.05, 0.1) is 17.9 Å². The zero-order valence-electron chi connectivity index (χ0n) is 9.74. The van der Waals surface area contributed by atoms with Crippen molar-refractivity contribution in [3.63, 3.8) is 0 Å². The number of nitrogens with zero attached hydrogens (tertiary/aromatic N) is 3. The van der Waals surface area contributed by atoms with Gasteiger partial charge < -0.3 is 15.6 Å². The summed E-state index contributed by atoms with van der Waals surface area (Å²) in [6.45, 7) is 2.19. The molecule has 0 aliphatic rings. The van der Waals surface area contributed by atoms with Crippen LogP contribution in [0.3, 0.4) is 0 Å². The maximum Gasteiger partial charge on any atom is 0.151 e. The van der Waals surface area contributed by atoms with Crippen molar-refractivity contribution in [1.82, 2.24) is 14.8 Å². The number of nitrogen functional groups attached to an aromatic ring is 1. The van der Waals surface area contributed by atoms with Gasteiger partial charge in [0.15, 0.2) is 5.82 Å². The molecular weight excluding hydrogens is 221 g/mol. The molecule has 6 heteroatoms. The third kappa shape index (κ3) is 2.35. The number of nitrogens with two attached hydrogens (primary N) is 1. The second-order valence-corrected chi connectivity index (χ2v) is 3.90. The van der Waals surface area contributed by atoms with E-state index in [9.17, 15) is 4.39 Å². The Balaban J connectivity index is 2.14. The number of halogens is 1. The van der Waals surface area contributed by atoms with Gasteiger partial charge in [-0.05, 0) is 24.6 Å². The Morgan fingerprint density at radius 1 is 1.47 bits per heavy atom. The van der Waals surface area contributed by atoms with E-state index in [-0.39, 0.29) is 5.82 Å². The zero-order chi connectivity index (χ0) is 12.4. The highest BCUT2D eigenvalue weighted by Crippen LogP contribution is 2.22. The summed E-state index contributed by atoms with van der Waals surface area (Å²) in [5.74, 6) is 0.484. The van der Waals surface area contributed by atoms with Gasteiger partial charge in [-0.3, -0.25) is 0 Å². The van der Waals surface area contributed by atoms with Crippen molar-refractivity contribution >= 4 is 11.4 Å². The van der Waals surface area contributed by atoms with E-state index in [4.69, 9.17) is 5.73 Å². The minimum Gasteiger partial charge on any atom is -0.397 e. The summed E-state index contributed by atoms with van der Waals surface area (Å²) in [5, 5.41) is 10.8. The molecule has 2 aromatic rings. The monoisotopic (exact) mass is 235 g/mol. The van der Waals surface area contributed by atoms with Gasteiger partial charge in [0.2, 0.25) is 0 Å². The van der Waals surface area contributed by atoms with Crippen LogP contribution in [0, 0.1) is 12.7 Å². The van der Waals surface area contributed by atoms with Crippen molar-refractivity contribution in [3.05, 3.63) is 35.7 Å². The summed E-state index contributed by atoms with van der Waals surface area (Å²) < 4.78 is 15.0. The molecule has 90 valence electrons. The van der Waals surface area contributed by atoms with E-state index in [1.165, 1.54) is 6.07 Å². The second-order valence-electron chi connectivity index (χ2n) is 3.90. The highest BCUT2D eigenvalue weighted by atomic mass is 19.1. The fraction of sp³-hybridized carbons (Fsp3) is 0.273. The molecule has 0 spiro atoms. The van der Waals surface area contributed by atoms with Crippen molar-refractivity contribution in [3.8, 4) is 0 Å². The third-order valence-corrected chi connectivity index (χ3v) is 2.57. The quantitative estimate of drug-likeness (QED) is 0.790. The molecule has 0 fully saturated rings. The van der Waals surface area contributed by atoms with Crippen LogP contribution in [-0.2, 0) is 13.6 Å². The van der Waals surface area contributed by atoms with Crippen LogP contribution in [0.4, 0.5) is 15.8 Å². The van der Waals surface area contributed by atoms with E-state index in [1.54, 1.807) is 23.9 Å². The minimum atomic E-state index is -0.299. The number of hydrogen-bond acceptors (Lipinski definition) is 4. The average Bonchev–Trinajstić information content (AvgIpc) is 2.68.